The standard InChI is InChI=1S/C15H12O6.C15H12O4.C15H12O/c16-9-6-13(20)15(14(21)7-9)11(18)4-2-8-1-3-10(17)12(19)5-8;16-12-6-2-1-5-11(12)13(17)9-8-10-4-3-7-14(18)15(10)19;16-15(14-9-5-2-6-10-14)12-11-13-7-3-1-4-8-13/h1-7,16-17,19-21H;1-9,16,18-19H;1-12H/b4-2+;9-8+;12-11+. The lowest BCUT2D eigenvalue weighted by Crippen LogP contribution is -1.95. The largest absolute Gasteiger partial charge is 0.508 e. The van der Waals surface area contributed by atoms with E-state index in [-0.39, 0.29) is 57.2 Å². The van der Waals surface area contributed by atoms with Gasteiger partial charge in [-0.2, -0.15) is 0 Å². The van der Waals surface area contributed by atoms with Gasteiger partial charge in [-0.1, -0.05) is 103 Å². The number of phenolic OH excluding ortho intramolecular Hbond substituents is 8. The van der Waals surface area contributed by atoms with Crippen molar-refractivity contribution in [1.29, 1.82) is 0 Å². The molecule has 11 nitrogen and oxygen atoms in total. The lowest BCUT2D eigenvalue weighted by Gasteiger charge is -2.04. The topological polar surface area (TPSA) is 213 Å². The molecule has 0 atom stereocenters. The van der Waals surface area contributed by atoms with E-state index in [1.807, 2.05) is 66.7 Å². The normalized spacial score (nSPS) is 10.7. The van der Waals surface area contributed by atoms with Gasteiger partial charge < -0.3 is 40.9 Å². The van der Waals surface area contributed by atoms with Gasteiger partial charge in [-0.25, -0.2) is 0 Å². The molecule has 11 heteroatoms. The van der Waals surface area contributed by atoms with Gasteiger partial charge in [-0.05, 0) is 65.8 Å². The molecule has 0 unspecified atom stereocenters. The predicted octanol–water partition coefficient (Wildman–Crippen LogP) is 8.39. The highest BCUT2D eigenvalue weighted by Crippen LogP contribution is 2.33. The van der Waals surface area contributed by atoms with Crippen LogP contribution in [0.1, 0.15) is 47.8 Å². The van der Waals surface area contributed by atoms with Crippen LogP contribution in [-0.2, 0) is 0 Å². The fraction of sp³-hybridized carbons (Fsp3) is 0. The minimum Gasteiger partial charge on any atom is -0.508 e. The zero-order valence-electron chi connectivity index (χ0n) is 29.5. The van der Waals surface area contributed by atoms with Gasteiger partial charge in [0.15, 0.2) is 40.3 Å². The van der Waals surface area contributed by atoms with Gasteiger partial charge in [0.1, 0.15) is 28.6 Å². The molecule has 0 radical (unpaired) electrons. The summed E-state index contributed by atoms with van der Waals surface area (Å²) >= 11 is 0. The molecule has 0 fully saturated rings. The first kappa shape index (κ1) is 40.7. The molecule has 6 rings (SSSR count). The Kier molecular flexibility index (Phi) is 14.3. The van der Waals surface area contributed by atoms with Crippen LogP contribution >= 0.6 is 0 Å². The number of para-hydroxylation sites is 2. The molecule has 8 N–H and O–H groups in total. The second-order valence-corrected chi connectivity index (χ2v) is 11.7. The number of benzene rings is 6. The maximum absolute atomic E-state index is 11.9. The van der Waals surface area contributed by atoms with E-state index in [9.17, 15) is 45.0 Å². The average molecular weight is 753 g/mol. The van der Waals surface area contributed by atoms with Crippen LogP contribution in [0.25, 0.3) is 18.2 Å². The summed E-state index contributed by atoms with van der Waals surface area (Å²) in [6, 6.07) is 35.6. The Labute approximate surface area is 321 Å². The van der Waals surface area contributed by atoms with Crippen molar-refractivity contribution < 1.29 is 55.2 Å². The molecule has 6 aromatic rings. The van der Waals surface area contributed by atoms with E-state index in [0.29, 0.717) is 11.1 Å². The second kappa shape index (κ2) is 19.7. The van der Waals surface area contributed by atoms with Gasteiger partial charge in [0.25, 0.3) is 0 Å². The predicted molar refractivity (Wildman–Crippen MR) is 212 cm³/mol. The summed E-state index contributed by atoms with van der Waals surface area (Å²) in [4.78, 5) is 35.5. The summed E-state index contributed by atoms with van der Waals surface area (Å²) in [5.74, 6) is -3.76. The van der Waals surface area contributed by atoms with Crippen molar-refractivity contribution in [2.24, 2.45) is 0 Å². The third-order valence-electron chi connectivity index (χ3n) is 7.67. The quantitative estimate of drug-likeness (QED) is 0.0399. The van der Waals surface area contributed by atoms with E-state index >= 15 is 0 Å². The molecule has 0 bridgehead atoms. The first-order valence-electron chi connectivity index (χ1n) is 16.7. The first-order valence-corrected chi connectivity index (χ1v) is 16.7. The zero-order valence-corrected chi connectivity index (χ0v) is 29.5. The summed E-state index contributed by atoms with van der Waals surface area (Å²) in [6.45, 7) is 0. The van der Waals surface area contributed by atoms with Crippen molar-refractivity contribution in [3.63, 3.8) is 0 Å². The van der Waals surface area contributed by atoms with E-state index < -0.39 is 17.3 Å². The Balaban J connectivity index is 0.000000188. The van der Waals surface area contributed by atoms with E-state index in [1.165, 1.54) is 54.6 Å². The molecule has 0 heterocycles. The van der Waals surface area contributed by atoms with Crippen molar-refractivity contribution >= 4 is 35.6 Å². The molecule has 0 saturated heterocycles. The van der Waals surface area contributed by atoms with Crippen LogP contribution in [0.15, 0.2) is 152 Å². The maximum atomic E-state index is 11.9. The molecule has 0 aliphatic carbocycles. The Morgan fingerprint density at radius 1 is 0.393 bits per heavy atom. The number of allylic oxidation sites excluding steroid dienone is 3. The molecule has 0 saturated carbocycles. The number of aromatic hydroxyl groups is 8. The summed E-state index contributed by atoms with van der Waals surface area (Å²) in [7, 11) is 0. The SMILES string of the molecule is O=C(/C=C/c1ccc(O)c(O)c1)c1c(O)cc(O)cc1O.O=C(/C=C/c1cccc(O)c1O)c1ccccc1O.O=C(/C=C/c1ccccc1)c1ccccc1. The Hall–Kier alpha value is -8.05. The lowest BCUT2D eigenvalue weighted by atomic mass is 10.1. The molecule has 0 aliphatic heterocycles. The number of hydrogen-bond donors (Lipinski definition) is 8. The molecule has 0 spiro atoms. The minimum absolute atomic E-state index is 0.0319. The van der Waals surface area contributed by atoms with E-state index in [4.69, 9.17) is 10.2 Å². The molecule has 282 valence electrons. The number of carbonyl (C=O) groups is 3. The Morgan fingerprint density at radius 2 is 0.946 bits per heavy atom. The molecule has 56 heavy (non-hydrogen) atoms. The fourth-order valence-electron chi connectivity index (χ4n) is 4.80. The number of rotatable bonds is 9. The maximum Gasteiger partial charge on any atom is 0.193 e. The van der Waals surface area contributed by atoms with Crippen LogP contribution in [-0.4, -0.2) is 58.2 Å². The van der Waals surface area contributed by atoms with Gasteiger partial charge in [-0.15, -0.1) is 0 Å². The summed E-state index contributed by atoms with van der Waals surface area (Å²) in [5, 5.41) is 75.2. The zero-order chi connectivity index (χ0) is 40.6. The lowest BCUT2D eigenvalue weighted by molar-refractivity contribution is 0.103. The van der Waals surface area contributed by atoms with E-state index in [0.717, 1.165) is 29.3 Å². The van der Waals surface area contributed by atoms with Gasteiger partial charge in [0.05, 0.1) is 5.56 Å². The van der Waals surface area contributed by atoms with Crippen LogP contribution in [0, 0.1) is 0 Å². The number of carbonyl (C=O) groups excluding carboxylic acids is 3. The minimum atomic E-state index is -0.683. The molecule has 0 aliphatic rings. The van der Waals surface area contributed by atoms with Gasteiger partial charge in [-0.3, -0.25) is 14.4 Å². The Morgan fingerprint density at radius 3 is 1.59 bits per heavy atom. The highest BCUT2D eigenvalue weighted by Gasteiger charge is 2.15. The van der Waals surface area contributed by atoms with Crippen LogP contribution in [0.5, 0.6) is 46.0 Å². The summed E-state index contributed by atoms with van der Waals surface area (Å²) in [5.41, 5.74) is 2.35. The van der Waals surface area contributed by atoms with Crippen LogP contribution in [0.2, 0.25) is 0 Å². The van der Waals surface area contributed by atoms with Crippen molar-refractivity contribution in [2.75, 3.05) is 0 Å². The number of phenols is 8. The van der Waals surface area contributed by atoms with E-state index in [1.54, 1.807) is 30.3 Å². The van der Waals surface area contributed by atoms with Crippen LogP contribution < -0.4 is 0 Å². The number of hydrogen-bond acceptors (Lipinski definition) is 11. The van der Waals surface area contributed by atoms with Gasteiger partial charge in [0.2, 0.25) is 0 Å². The molecular formula is C45H36O11. The van der Waals surface area contributed by atoms with Gasteiger partial charge >= 0.3 is 0 Å². The molecule has 6 aromatic carbocycles. The van der Waals surface area contributed by atoms with E-state index in [2.05, 4.69) is 0 Å². The number of ketones is 3. The monoisotopic (exact) mass is 752 g/mol. The van der Waals surface area contributed by atoms with Crippen molar-refractivity contribution in [3.05, 3.63) is 185 Å². The first-order chi connectivity index (χ1) is 26.8. The summed E-state index contributed by atoms with van der Waals surface area (Å²) in [6.07, 6.45) is 8.46. The fourth-order valence-corrected chi connectivity index (χ4v) is 4.80. The second-order valence-electron chi connectivity index (χ2n) is 11.7. The van der Waals surface area contributed by atoms with Crippen molar-refractivity contribution in [2.45, 2.75) is 0 Å². The van der Waals surface area contributed by atoms with Crippen LogP contribution in [0.4, 0.5) is 0 Å². The third kappa shape index (κ3) is 11.7. The highest BCUT2D eigenvalue weighted by atomic mass is 16.3. The third-order valence-corrected chi connectivity index (χ3v) is 7.67. The van der Waals surface area contributed by atoms with Crippen molar-refractivity contribution in [3.8, 4) is 46.0 Å². The smallest absolute Gasteiger partial charge is 0.193 e. The average Bonchev–Trinajstić information content (AvgIpc) is 3.19. The van der Waals surface area contributed by atoms with Gasteiger partial charge in [0, 0.05) is 23.3 Å². The Bertz CT molecular complexity index is 2370. The van der Waals surface area contributed by atoms with Crippen molar-refractivity contribution in [1.82, 2.24) is 0 Å². The molecule has 0 aromatic heterocycles. The highest BCUT2D eigenvalue weighted by molar-refractivity contribution is 6.11. The molecule has 0 amide bonds. The molecular weight excluding hydrogens is 716 g/mol. The van der Waals surface area contributed by atoms with Crippen LogP contribution in [0.3, 0.4) is 0 Å². The summed E-state index contributed by atoms with van der Waals surface area (Å²) < 4.78 is 0.